The van der Waals surface area contributed by atoms with Crippen molar-refractivity contribution >= 4 is 23.5 Å². The first kappa shape index (κ1) is 18.9. The fourth-order valence-corrected chi connectivity index (χ4v) is 7.98. The summed E-state index contributed by atoms with van der Waals surface area (Å²) in [5.41, 5.74) is 2.58. The molecule has 1 aromatic rings. The summed E-state index contributed by atoms with van der Waals surface area (Å²) in [4.78, 5) is 13.5. The predicted molar refractivity (Wildman–Crippen MR) is 116 cm³/mol. The summed E-state index contributed by atoms with van der Waals surface area (Å²) in [5.74, 6) is 3.51. The predicted octanol–water partition coefficient (Wildman–Crippen LogP) is 7.34. The van der Waals surface area contributed by atoms with Crippen LogP contribution in [-0.2, 0) is 4.79 Å². The molecular formula is C26H33ClO. The lowest BCUT2D eigenvalue weighted by Gasteiger charge is -2.59. The summed E-state index contributed by atoms with van der Waals surface area (Å²) in [6.45, 7) is 4.89. The smallest absolute Gasteiger partial charge is 0.165 e. The lowest BCUT2D eigenvalue weighted by Crippen LogP contribution is -2.52. The van der Waals surface area contributed by atoms with Gasteiger partial charge in [-0.15, -0.1) is 0 Å². The molecule has 0 aromatic heterocycles. The third kappa shape index (κ3) is 2.76. The van der Waals surface area contributed by atoms with Gasteiger partial charge in [-0.25, -0.2) is 0 Å². The molecule has 0 bridgehead atoms. The van der Waals surface area contributed by atoms with Crippen molar-refractivity contribution in [1.29, 1.82) is 0 Å². The Morgan fingerprint density at radius 2 is 1.75 bits per heavy atom. The third-order valence-corrected chi connectivity index (χ3v) is 9.69. The van der Waals surface area contributed by atoms with Gasteiger partial charge < -0.3 is 0 Å². The average Bonchev–Trinajstić information content (AvgIpc) is 2.94. The summed E-state index contributed by atoms with van der Waals surface area (Å²) in [6, 6.07) is 7.90. The van der Waals surface area contributed by atoms with E-state index < -0.39 is 0 Å². The van der Waals surface area contributed by atoms with Gasteiger partial charge in [0.2, 0.25) is 0 Å². The van der Waals surface area contributed by atoms with Crippen LogP contribution in [0, 0.1) is 34.5 Å². The Balaban J connectivity index is 1.45. The van der Waals surface area contributed by atoms with E-state index in [1.165, 1.54) is 44.9 Å². The topological polar surface area (TPSA) is 17.1 Å². The fraction of sp³-hybridized carbons (Fsp3) is 0.654. The van der Waals surface area contributed by atoms with Crippen molar-refractivity contribution in [3.63, 3.8) is 0 Å². The zero-order chi connectivity index (χ0) is 19.5. The van der Waals surface area contributed by atoms with Gasteiger partial charge in [0.25, 0.3) is 0 Å². The van der Waals surface area contributed by atoms with Crippen molar-refractivity contribution in [3.8, 4) is 0 Å². The molecule has 0 saturated heterocycles. The maximum Gasteiger partial charge on any atom is 0.165 e. The number of benzene rings is 1. The summed E-state index contributed by atoms with van der Waals surface area (Å²) in [5, 5.41) is 0.751. The minimum atomic E-state index is -0.128. The number of carbonyl (C=O) groups excluding carboxylic acids is 1. The van der Waals surface area contributed by atoms with Crippen LogP contribution in [-0.4, -0.2) is 5.78 Å². The molecule has 4 saturated carbocycles. The Kier molecular flexibility index (Phi) is 4.54. The Labute approximate surface area is 174 Å². The molecule has 2 heteroatoms. The standard InChI is InChI=1S/C26H33ClO/c1-25-13-4-3-5-19(25)8-11-21-22(25)12-14-26(2)23(21)16-18(24(26)28)15-17-6-9-20(27)10-7-17/h6-7,9-10,15,19,21-23H,3-5,8,11-14,16H2,1-2H3/b18-15-. The molecule has 6 unspecified atom stereocenters. The molecule has 150 valence electrons. The molecule has 1 nitrogen and oxygen atoms in total. The third-order valence-electron chi connectivity index (χ3n) is 9.43. The van der Waals surface area contributed by atoms with E-state index in [4.69, 9.17) is 11.6 Å². The number of hydrogen-bond donors (Lipinski definition) is 0. The molecule has 0 N–H and O–H groups in total. The van der Waals surface area contributed by atoms with Crippen LogP contribution in [0.5, 0.6) is 0 Å². The minimum Gasteiger partial charge on any atom is -0.294 e. The van der Waals surface area contributed by atoms with Gasteiger partial charge in [0.15, 0.2) is 5.78 Å². The van der Waals surface area contributed by atoms with Crippen molar-refractivity contribution in [2.24, 2.45) is 34.5 Å². The van der Waals surface area contributed by atoms with Crippen molar-refractivity contribution in [1.82, 2.24) is 0 Å². The number of ketones is 1. The van der Waals surface area contributed by atoms with Crippen LogP contribution >= 0.6 is 11.6 Å². The van der Waals surface area contributed by atoms with E-state index in [-0.39, 0.29) is 5.41 Å². The van der Waals surface area contributed by atoms with Gasteiger partial charge in [-0.05, 0) is 103 Å². The minimum absolute atomic E-state index is 0.128. The Morgan fingerprint density at radius 3 is 2.54 bits per heavy atom. The molecule has 0 amide bonds. The Bertz CT molecular complexity index is 808. The first-order valence-corrected chi connectivity index (χ1v) is 11.8. The maximum atomic E-state index is 13.5. The second-order valence-corrected chi connectivity index (χ2v) is 11.0. The van der Waals surface area contributed by atoms with Crippen LogP contribution < -0.4 is 0 Å². The number of allylic oxidation sites excluding steroid dienone is 1. The molecule has 4 aliphatic rings. The summed E-state index contributed by atoms with van der Waals surface area (Å²) in [6.07, 6.45) is 14.0. The molecule has 5 rings (SSSR count). The van der Waals surface area contributed by atoms with E-state index in [0.29, 0.717) is 17.1 Å². The molecule has 0 aliphatic heterocycles. The van der Waals surface area contributed by atoms with Gasteiger partial charge in [-0.3, -0.25) is 4.79 Å². The van der Waals surface area contributed by atoms with Gasteiger partial charge >= 0.3 is 0 Å². The van der Waals surface area contributed by atoms with Gasteiger partial charge in [-0.2, -0.15) is 0 Å². The van der Waals surface area contributed by atoms with Gasteiger partial charge in [0.1, 0.15) is 0 Å². The van der Waals surface area contributed by atoms with Crippen LogP contribution in [0.4, 0.5) is 0 Å². The fourth-order valence-electron chi connectivity index (χ4n) is 7.85. The second-order valence-electron chi connectivity index (χ2n) is 10.6. The molecule has 0 spiro atoms. The number of fused-ring (bicyclic) bond motifs is 5. The summed E-state index contributed by atoms with van der Waals surface area (Å²) < 4.78 is 0. The molecule has 6 atom stereocenters. The van der Waals surface area contributed by atoms with Gasteiger partial charge in [-0.1, -0.05) is 50.4 Å². The zero-order valence-corrected chi connectivity index (χ0v) is 18.1. The van der Waals surface area contributed by atoms with E-state index in [1.807, 2.05) is 24.3 Å². The summed E-state index contributed by atoms with van der Waals surface area (Å²) >= 11 is 6.04. The molecule has 4 fully saturated rings. The highest BCUT2D eigenvalue weighted by molar-refractivity contribution is 6.30. The van der Waals surface area contributed by atoms with E-state index >= 15 is 0 Å². The molecule has 0 radical (unpaired) electrons. The van der Waals surface area contributed by atoms with Crippen molar-refractivity contribution in [3.05, 3.63) is 40.4 Å². The van der Waals surface area contributed by atoms with Gasteiger partial charge in [0, 0.05) is 10.4 Å². The number of carbonyl (C=O) groups is 1. The lowest BCUT2D eigenvalue weighted by atomic mass is 9.45. The number of rotatable bonds is 1. The van der Waals surface area contributed by atoms with Crippen molar-refractivity contribution < 1.29 is 4.79 Å². The van der Waals surface area contributed by atoms with E-state index in [0.717, 1.165) is 46.8 Å². The van der Waals surface area contributed by atoms with Crippen LogP contribution in [0.2, 0.25) is 5.02 Å². The van der Waals surface area contributed by atoms with Gasteiger partial charge in [0.05, 0.1) is 0 Å². The highest BCUT2D eigenvalue weighted by Crippen LogP contribution is 2.66. The molecule has 28 heavy (non-hydrogen) atoms. The van der Waals surface area contributed by atoms with Crippen LogP contribution in [0.25, 0.3) is 6.08 Å². The first-order valence-electron chi connectivity index (χ1n) is 11.4. The number of halogens is 1. The van der Waals surface area contributed by atoms with Crippen molar-refractivity contribution in [2.45, 2.75) is 71.6 Å². The van der Waals surface area contributed by atoms with Crippen LogP contribution in [0.15, 0.2) is 29.8 Å². The lowest BCUT2D eigenvalue weighted by molar-refractivity contribution is -0.137. The Hall–Kier alpha value is -1.08. The second kappa shape index (κ2) is 6.73. The van der Waals surface area contributed by atoms with E-state index in [9.17, 15) is 4.79 Å². The maximum absolute atomic E-state index is 13.5. The van der Waals surface area contributed by atoms with E-state index in [1.54, 1.807) is 0 Å². The first-order chi connectivity index (χ1) is 13.4. The quantitative estimate of drug-likeness (QED) is 0.454. The molecular weight excluding hydrogens is 364 g/mol. The molecule has 1 aromatic carbocycles. The van der Waals surface area contributed by atoms with Crippen molar-refractivity contribution in [2.75, 3.05) is 0 Å². The zero-order valence-electron chi connectivity index (χ0n) is 17.3. The number of Topliss-reactive ketones (excluding diaryl/α,β-unsaturated/α-hetero) is 1. The van der Waals surface area contributed by atoms with E-state index in [2.05, 4.69) is 19.9 Å². The highest BCUT2D eigenvalue weighted by Gasteiger charge is 2.60. The normalized spacial score (nSPS) is 44.1. The SMILES string of the molecule is CC12CCC3C(CCC4CCCCC43C)C1C/C(=C/c1ccc(Cl)cc1)C2=O. The van der Waals surface area contributed by atoms with Crippen LogP contribution in [0.1, 0.15) is 77.2 Å². The monoisotopic (exact) mass is 396 g/mol. The Morgan fingerprint density at radius 1 is 0.964 bits per heavy atom. The highest BCUT2D eigenvalue weighted by atomic mass is 35.5. The average molecular weight is 397 g/mol. The summed E-state index contributed by atoms with van der Waals surface area (Å²) in [7, 11) is 0. The molecule has 0 heterocycles. The number of hydrogen-bond acceptors (Lipinski definition) is 1. The largest absolute Gasteiger partial charge is 0.294 e. The molecule has 4 aliphatic carbocycles. The van der Waals surface area contributed by atoms with Crippen LogP contribution in [0.3, 0.4) is 0 Å².